The molecule has 0 spiro atoms. The summed E-state index contributed by atoms with van der Waals surface area (Å²) >= 11 is 1.29. The van der Waals surface area contributed by atoms with Crippen LogP contribution in [-0.4, -0.2) is 38.3 Å². The van der Waals surface area contributed by atoms with E-state index in [0.29, 0.717) is 0 Å². The van der Waals surface area contributed by atoms with Gasteiger partial charge in [0.15, 0.2) is 5.16 Å². The van der Waals surface area contributed by atoms with Crippen LogP contribution in [0.15, 0.2) is 17.6 Å². The zero-order valence-corrected chi connectivity index (χ0v) is 9.82. The number of aromatic nitrogens is 2. The van der Waals surface area contributed by atoms with Crippen molar-refractivity contribution >= 4 is 23.6 Å². The quantitative estimate of drug-likeness (QED) is 0.717. The largest absolute Gasteiger partial charge is 0.480 e. The second-order valence-electron chi connectivity index (χ2n) is 3.22. The van der Waals surface area contributed by atoms with Crippen molar-refractivity contribution in [2.24, 2.45) is 7.05 Å². The molecule has 0 aliphatic heterocycles. The van der Waals surface area contributed by atoms with E-state index in [2.05, 4.69) is 10.3 Å². The topological polar surface area (TPSA) is 84.2 Å². The van der Waals surface area contributed by atoms with Crippen LogP contribution < -0.4 is 5.32 Å². The summed E-state index contributed by atoms with van der Waals surface area (Å²) in [6.07, 6.45) is 3.41. The van der Waals surface area contributed by atoms with Crippen molar-refractivity contribution < 1.29 is 14.7 Å². The molecule has 0 aromatic carbocycles. The number of hydrogen-bond donors (Lipinski definition) is 2. The van der Waals surface area contributed by atoms with Gasteiger partial charge in [-0.1, -0.05) is 11.8 Å². The smallest absolute Gasteiger partial charge is 0.327 e. The van der Waals surface area contributed by atoms with E-state index in [9.17, 15) is 9.59 Å². The van der Waals surface area contributed by atoms with E-state index in [1.165, 1.54) is 18.7 Å². The van der Waals surface area contributed by atoms with Crippen molar-refractivity contribution in [1.29, 1.82) is 0 Å². The van der Waals surface area contributed by atoms with E-state index in [1.54, 1.807) is 17.0 Å². The zero-order chi connectivity index (χ0) is 12.1. The van der Waals surface area contributed by atoms with Crippen molar-refractivity contribution in [1.82, 2.24) is 14.9 Å². The number of carboxylic acid groups (broad SMARTS) is 1. The summed E-state index contributed by atoms with van der Waals surface area (Å²) < 4.78 is 1.79. The van der Waals surface area contributed by atoms with Gasteiger partial charge in [0.2, 0.25) is 5.91 Å². The summed E-state index contributed by atoms with van der Waals surface area (Å²) in [6, 6.07) is -0.890. The van der Waals surface area contributed by atoms with Crippen molar-refractivity contribution in [2.45, 2.75) is 18.1 Å². The maximum atomic E-state index is 10.8. The van der Waals surface area contributed by atoms with E-state index in [1.807, 2.05) is 7.05 Å². The third-order valence-electron chi connectivity index (χ3n) is 1.83. The number of aryl methyl sites for hydroxylation is 1. The van der Waals surface area contributed by atoms with Gasteiger partial charge in [-0.25, -0.2) is 9.78 Å². The fourth-order valence-electron chi connectivity index (χ4n) is 1.07. The average molecular weight is 243 g/mol. The number of thioether (sulfide) groups is 1. The zero-order valence-electron chi connectivity index (χ0n) is 9.01. The van der Waals surface area contributed by atoms with E-state index in [-0.39, 0.29) is 11.7 Å². The predicted molar refractivity (Wildman–Crippen MR) is 59.2 cm³/mol. The highest BCUT2D eigenvalue weighted by molar-refractivity contribution is 7.99. The number of hydrogen-bond acceptors (Lipinski definition) is 4. The minimum atomic E-state index is -1.04. The summed E-state index contributed by atoms with van der Waals surface area (Å²) in [7, 11) is 1.82. The van der Waals surface area contributed by atoms with E-state index in [0.717, 1.165) is 5.16 Å². The van der Waals surface area contributed by atoms with Crippen LogP contribution in [0.5, 0.6) is 0 Å². The van der Waals surface area contributed by atoms with Crippen LogP contribution >= 0.6 is 11.8 Å². The van der Waals surface area contributed by atoms with Gasteiger partial charge in [0.1, 0.15) is 6.04 Å². The van der Waals surface area contributed by atoms with Crippen molar-refractivity contribution in [3.8, 4) is 0 Å². The van der Waals surface area contributed by atoms with Crippen molar-refractivity contribution in [3.63, 3.8) is 0 Å². The van der Waals surface area contributed by atoms with Gasteiger partial charge in [0, 0.05) is 32.1 Å². The molecule has 1 rings (SSSR count). The molecule has 1 heterocycles. The van der Waals surface area contributed by atoms with Crippen LogP contribution in [0.4, 0.5) is 0 Å². The van der Waals surface area contributed by atoms with Gasteiger partial charge >= 0.3 is 5.97 Å². The lowest BCUT2D eigenvalue weighted by Gasteiger charge is -2.12. The van der Waals surface area contributed by atoms with E-state index in [4.69, 9.17) is 5.11 Å². The Bertz CT molecular complexity index is 391. The molecule has 2 N–H and O–H groups in total. The molecule has 16 heavy (non-hydrogen) atoms. The summed E-state index contributed by atoms with van der Waals surface area (Å²) in [4.78, 5) is 25.7. The van der Waals surface area contributed by atoms with Gasteiger partial charge in [0.05, 0.1) is 0 Å². The minimum Gasteiger partial charge on any atom is -0.480 e. The van der Waals surface area contributed by atoms with Crippen LogP contribution in [-0.2, 0) is 16.6 Å². The molecule has 0 aliphatic carbocycles. The van der Waals surface area contributed by atoms with Crippen LogP contribution in [0, 0.1) is 0 Å². The number of imidazole rings is 1. The Morgan fingerprint density at radius 3 is 2.81 bits per heavy atom. The van der Waals surface area contributed by atoms with E-state index < -0.39 is 12.0 Å². The first kappa shape index (κ1) is 12.6. The highest BCUT2D eigenvalue weighted by atomic mass is 32.2. The fourth-order valence-corrected chi connectivity index (χ4v) is 2.01. The molecule has 1 aromatic rings. The highest BCUT2D eigenvalue weighted by Crippen LogP contribution is 2.15. The van der Waals surface area contributed by atoms with Crippen LogP contribution in [0.25, 0.3) is 0 Å². The predicted octanol–water partition coefficient (Wildman–Crippen LogP) is 0.101. The van der Waals surface area contributed by atoms with E-state index >= 15 is 0 Å². The molecule has 0 aliphatic rings. The lowest BCUT2D eigenvalue weighted by atomic mass is 10.3. The molecule has 0 radical (unpaired) electrons. The van der Waals surface area contributed by atoms with Crippen LogP contribution in [0.1, 0.15) is 6.92 Å². The Kier molecular flexibility index (Phi) is 4.36. The molecule has 1 unspecified atom stereocenters. The number of aliphatic carboxylic acids is 1. The SMILES string of the molecule is CC(=O)NC(CSc1nccn1C)C(=O)O. The number of carbonyl (C=O) groups is 2. The Balaban J connectivity index is 2.53. The number of rotatable bonds is 5. The Hall–Kier alpha value is -1.50. The summed E-state index contributed by atoms with van der Waals surface area (Å²) in [5.74, 6) is -1.15. The van der Waals surface area contributed by atoms with Gasteiger partial charge in [-0.2, -0.15) is 0 Å². The molecule has 0 fully saturated rings. The maximum absolute atomic E-state index is 10.8. The van der Waals surface area contributed by atoms with Crippen molar-refractivity contribution in [2.75, 3.05) is 5.75 Å². The Morgan fingerprint density at radius 2 is 2.38 bits per heavy atom. The first-order valence-corrected chi connectivity index (χ1v) is 5.59. The first-order valence-electron chi connectivity index (χ1n) is 4.60. The maximum Gasteiger partial charge on any atom is 0.327 e. The lowest BCUT2D eigenvalue weighted by molar-refractivity contribution is -0.140. The Labute approximate surface area is 97.1 Å². The molecule has 6 nitrogen and oxygen atoms in total. The van der Waals surface area contributed by atoms with Gasteiger partial charge < -0.3 is 15.0 Å². The summed E-state index contributed by atoms with van der Waals surface area (Å²) in [6.45, 7) is 1.29. The molecule has 1 aromatic heterocycles. The first-order chi connectivity index (χ1) is 7.50. The number of carbonyl (C=O) groups excluding carboxylic acids is 1. The molecule has 1 amide bonds. The average Bonchev–Trinajstić information content (AvgIpc) is 2.57. The fraction of sp³-hybridized carbons (Fsp3) is 0.444. The molecule has 7 heteroatoms. The van der Waals surface area contributed by atoms with Gasteiger partial charge in [0.25, 0.3) is 0 Å². The molecule has 88 valence electrons. The molecule has 0 saturated heterocycles. The monoisotopic (exact) mass is 243 g/mol. The highest BCUT2D eigenvalue weighted by Gasteiger charge is 2.19. The second-order valence-corrected chi connectivity index (χ2v) is 4.21. The van der Waals surface area contributed by atoms with Gasteiger partial charge in [-0.3, -0.25) is 4.79 Å². The van der Waals surface area contributed by atoms with Gasteiger partial charge in [-0.05, 0) is 0 Å². The number of carboxylic acids is 1. The third kappa shape index (κ3) is 3.58. The van der Waals surface area contributed by atoms with Gasteiger partial charge in [-0.15, -0.1) is 0 Å². The number of nitrogens with one attached hydrogen (secondary N) is 1. The van der Waals surface area contributed by atoms with Crippen molar-refractivity contribution in [3.05, 3.63) is 12.4 Å². The van der Waals surface area contributed by atoms with Crippen LogP contribution in [0.2, 0.25) is 0 Å². The minimum absolute atomic E-state index is 0.250. The molecular formula is C9H13N3O3S. The molecule has 1 atom stereocenters. The Morgan fingerprint density at radius 1 is 1.69 bits per heavy atom. The summed E-state index contributed by atoms with van der Waals surface area (Å²) in [5, 5.41) is 11.9. The molecule has 0 saturated carbocycles. The van der Waals surface area contributed by atoms with Crippen LogP contribution in [0.3, 0.4) is 0 Å². The molecule has 0 bridgehead atoms. The standard InChI is InChI=1S/C9H13N3O3S/c1-6(13)11-7(8(14)15)5-16-9-10-3-4-12(9)2/h3-4,7H,5H2,1-2H3,(H,11,13)(H,14,15). The third-order valence-corrected chi connectivity index (χ3v) is 2.98. The summed E-state index contributed by atoms with van der Waals surface area (Å²) in [5.41, 5.74) is 0. The normalized spacial score (nSPS) is 12.1. The molecular weight excluding hydrogens is 230 g/mol. The second kappa shape index (κ2) is 5.55. The number of amides is 1. The number of nitrogens with zero attached hydrogens (tertiary/aromatic N) is 2. The lowest BCUT2D eigenvalue weighted by Crippen LogP contribution is -2.41.